The molecule has 0 saturated heterocycles. The van der Waals surface area contributed by atoms with Gasteiger partial charge in [-0.1, -0.05) is 25.3 Å². The molecule has 0 radical (unpaired) electrons. The van der Waals surface area contributed by atoms with Crippen LogP contribution in [0.3, 0.4) is 0 Å². The summed E-state index contributed by atoms with van der Waals surface area (Å²) in [6, 6.07) is 6.11. The number of nitrogens with two attached hydrogens (primary N) is 1. The SMILES string of the molecule is CN(Cc1ccccn1)CC1(CN)CCCCC1. The molecule has 100 valence electrons. The van der Waals surface area contributed by atoms with E-state index >= 15 is 0 Å². The lowest BCUT2D eigenvalue weighted by Crippen LogP contribution is -2.42. The van der Waals surface area contributed by atoms with Crippen molar-refractivity contribution >= 4 is 0 Å². The third-order valence-corrected chi connectivity index (χ3v) is 4.11. The summed E-state index contributed by atoms with van der Waals surface area (Å²) >= 11 is 0. The van der Waals surface area contributed by atoms with Crippen LogP contribution in [0.5, 0.6) is 0 Å². The van der Waals surface area contributed by atoms with Crippen LogP contribution in [0, 0.1) is 5.41 Å². The van der Waals surface area contributed by atoms with Crippen LogP contribution in [0.4, 0.5) is 0 Å². The van der Waals surface area contributed by atoms with Crippen molar-refractivity contribution in [2.45, 2.75) is 38.6 Å². The van der Waals surface area contributed by atoms with E-state index in [4.69, 9.17) is 5.73 Å². The van der Waals surface area contributed by atoms with Gasteiger partial charge in [-0.15, -0.1) is 0 Å². The predicted octanol–water partition coefficient (Wildman–Crippen LogP) is 2.42. The van der Waals surface area contributed by atoms with Gasteiger partial charge in [-0.25, -0.2) is 0 Å². The fourth-order valence-corrected chi connectivity index (χ4v) is 3.13. The van der Waals surface area contributed by atoms with Crippen molar-refractivity contribution in [3.8, 4) is 0 Å². The smallest absolute Gasteiger partial charge is 0.0543 e. The zero-order valence-electron chi connectivity index (χ0n) is 11.4. The Morgan fingerprint density at radius 3 is 2.67 bits per heavy atom. The second-order valence-corrected chi connectivity index (χ2v) is 5.76. The first-order valence-corrected chi connectivity index (χ1v) is 7.03. The van der Waals surface area contributed by atoms with Crippen LogP contribution in [0.15, 0.2) is 24.4 Å². The lowest BCUT2D eigenvalue weighted by atomic mass is 9.74. The Hall–Kier alpha value is -0.930. The molecule has 0 aliphatic heterocycles. The minimum Gasteiger partial charge on any atom is -0.330 e. The van der Waals surface area contributed by atoms with Crippen molar-refractivity contribution in [3.63, 3.8) is 0 Å². The minimum absolute atomic E-state index is 0.349. The van der Waals surface area contributed by atoms with Crippen LogP contribution in [-0.4, -0.2) is 30.0 Å². The average Bonchev–Trinajstić information content (AvgIpc) is 2.41. The van der Waals surface area contributed by atoms with Gasteiger partial charge in [0.25, 0.3) is 0 Å². The second-order valence-electron chi connectivity index (χ2n) is 5.76. The van der Waals surface area contributed by atoms with E-state index < -0.39 is 0 Å². The standard InChI is InChI=1S/C15H25N3/c1-18(11-14-7-3-6-10-17-14)13-15(12-16)8-4-2-5-9-15/h3,6-7,10H,2,4-5,8-9,11-13,16H2,1H3. The largest absolute Gasteiger partial charge is 0.330 e. The van der Waals surface area contributed by atoms with Gasteiger partial charge < -0.3 is 5.73 Å². The molecule has 0 bridgehead atoms. The maximum absolute atomic E-state index is 6.04. The molecule has 1 saturated carbocycles. The predicted molar refractivity (Wildman–Crippen MR) is 75.1 cm³/mol. The Labute approximate surface area is 110 Å². The van der Waals surface area contributed by atoms with Crippen molar-refractivity contribution in [1.29, 1.82) is 0 Å². The number of aromatic nitrogens is 1. The van der Waals surface area contributed by atoms with Crippen LogP contribution in [0.1, 0.15) is 37.8 Å². The van der Waals surface area contributed by atoms with Crippen LogP contribution in [0.2, 0.25) is 0 Å². The van der Waals surface area contributed by atoms with E-state index in [2.05, 4.69) is 29.1 Å². The lowest BCUT2D eigenvalue weighted by molar-refractivity contribution is 0.123. The highest BCUT2D eigenvalue weighted by Crippen LogP contribution is 2.36. The molecule has 0 aromatic carbocycles. The Morgan fingerprint density at radius 1 is 1.28 bits per heavy atom. The summed E-state index contributed by atoms with van der Waals surface area (Å²) in [6.07, 6.45) is 8.50. The van der Waals surface area contributed by atoms with Gasteiger partial charge in [0.2, 0.25) is 0 Å². The first kappa shape index (κ1) is 13.5. The van der Waals surface area contributed by atoms with Gasteiger partial charge in [0.05, 0.1) is 5.69 Å². The number of rotatable bonds is 5. The number of hydrogen-bond acceptors (Lipinski definition) is 3. The fraction of sp³-hybridized carbons (Fsp3) is 0.667. The van der Waals surface area contributed by atoms with E-state index in [1.165, 1.54) is 32.1 Å². The third-order valence-electron chi connectivity index (χ3n) is 4.11. The molecule has 1 aliphatic carbocycles. The molecule has 0 unspecified atom stereocenters. The summed E-state index contributed by atoms with van der Waals surface area (Å²) in [4.78, 5) is 6.76. The molecule has 0 spiro atoms. The fourth-order valence-electron chi connectivity index (χ4n) is 3.13. The van der Waals surface area contributed by atoms with E-state index in [1.54, 1.807) is 0 Å². The Bertz CT molecular complexity index is 344. The van der Waals surface area contributed by atoms with Crippen molar-refractivity contribution in [3.05, 3.63) is 30.1 Å². The van der Waals surface area contributed by atoms with Gasteiger partial charge >= 0.3 is 0 Å². The van der Waals surface area contributed by atoms with Crippen LogP contribution in [0.25, 0.3) is 0 Å². The molecule has 18 heavy (non-hydrogen) atoms. The first-order chi connectivity index (χ1) is 8.74. The van der Waals surface area contributed by atoms with Gasteiger partial charge in [-0.2, -0.15) is 0 Å². The summed E-state index contributed by atoms with van der Waals surface area (Å²) in [5.41, 5.74) is 7.53. The van der Waals surface area contributed by atoms with Crippen molar-refractivity contribution < 1.29 is 0 Å². The van der Waals surface area contributed by atoms with Crippen LogP contribution < -0.4 is 5.73 Å². The molecule has 2 rings (SSSR count). The van der Waals surface area contributed by atoms with Crippen LogP contribution in [-0.2, 0) is 6.54 Å². The molecule has 3 nitrogen and oxygen atoms in total. The zero-order chi connectivity index (χ0) is 12.8. The molecule has 0 atom stereocenters. The minimum atomic E-state index is 0.349. The Morgan fingerprint density at radius 2 is 2.06 bits per heavy atom. The summed E-state index contributed by atoms with van der Waals surface area (Å²) in [5.74, 6) is 0. The molecule has 1 aromatic rings. The van der Waals surface area contributed by atoms with E-state index in [0.29, 0.717) is 5.41 Å². The Kier molecular flexibility index (Phi) is 4.72. The van der Waals surface area contributed by atoms with E-state index in [0.717, 1.165) is 25.3 Å². The second kappa shape index (κ2) is 6.30. The summed E-state index contributed by atoms with van der Waals surface area (Å²) in [6.45, 7) is 2.84. The van der Waals surface area contributed by atoms with Gasteiger partial charge in [0.1, 0.15) is 0 Å². The van der Waals surface area contributed by atoms with Gasteiger partial charge in [0, 0.05) is 19.3 Å². The van der Waals surface area contributed by atoms with E-state index in [-0.39, 0.29) is 0 Å². The quantitative estimate of drug-likeness (QED) is 0.869. The van der Waals surface area contributed by atoms with Gasteiger partial charge in [-0.3, -0.25) is 9.88 Å². The summed E-state index contributed by atoms with van der Waals surface area (Å²) < 4.78 is 0. The van der Waals surface area contributed by atoms with Gasteiger partial charge in [0.15, 0.2) is 0 Å². The third kappa shape index (κ3) is 3.53. The normalized spacial score (nSPS) is 19.1. The van der Waals surface area contributed by atoms with E-state index in [1.807, 2.05) is 12.3 Å². The molecule has 3 heteroatoms. The highest BCUT2D eigenvalue weighted by atomic mass is 15.1. The molecule has 1 fully saturated rings. The van der Waals surface area contributed by atoms with E-state index in [9.17, 15) is 0 Å². The molecule has 2 N–H and O–H groups in total. The molecule has 1 aliphatic rings. The van der Waals surface area contributed by atoms with Crippen molar-refractivity contribution in [1.82, 2.24) is 9.88 Å². The van der Waals surface area contributed by atoms with Crippen molar-refractivity contribution in [2.75, 3.05) is 20.1 Å². The number of hydrogen-bond donors (Lipinski definition) is 1. The molecular weight excluding hydrogens is 222 g/mol. The van der Waals surface area contributed by atoms with Crippen LogP contribution >= 0.6 is 0 Å². The maximum Gasteiger partial charge on any atom is 0.0543 e. The molecular formula is C15H25N3. The zero-order valence-corrected chi connectivity index (χ0v) is 11.4. The topological polar surface area (TPSA) is 42.2 Å². The summed E-state index contributed by atoms with van der Waals surface area (Å²) in [5, 5.41) is 0. The maximum atomic E-state index is 6.04. The first-order valence-electron chi connectivity index (χ1n) is 7.03. The lowest BCUT2D eigenvalue weighted by Gasteiger charge is -2.39. The average molecular weight is 247 g/mol. The molecule has 1 aromatic heterocycles. The molecule has 1 heterocycles. The highest BCUT2D eigenvalue weighted by molar-refractivity contribution is 5.03. The monoisotopic (exact) mass is 247 g/mol. The molecule has 0 amide bonds. The highest BCUT2D eigenvalue weighted by Gasteiger charge is 2.31. The Balaban J connectivity index is 1.91. The van der Waals surface area contributed by atoms with Gasteiger partial charge in [-0.05, 0) is 44.0 Å². The number of pyridine rings is 1. The van der Waals surface area contributed by atoms with Crippen molar-refractivity contribution in [2.24, 2.45) is 11.1 Å². The summed E-state index contributed by atoms with van der Waals surface area (Å²) in [7, 11) is 2.18. The number of nitrogens with zero attached hydrogens (tertiary/aromatic N) is 2.